The highest BCUT2D eigenvalue weighted by Gasteiger charge is 2.51. The van der Waals surface area contributed by atoms with Crippen molar-refractivity contribution < 1.29 is 4.74 Å². The van der Waals surface area contributed by atoms with Crippen LogP contribution < -0.4 is 4.90 Å². The highest BCUT2D eigenvalue weighted by atomic mass is 35.5. The predicted molar refractivity (Wildman–Crippen MR) is 118 cm³/mol. The number of benzene rings is 2. The molecular weight excluding hydrogens is 391 g/mol. The van der Waals surface area contributed by atoms with Crippen LogP contribution in [0, 0.1) is 11.8 Å². The first-order valence-corrected chi connectivity index (χ1v) is 10.4. The van der Waals surface area contributed by atoms with Gasteiger partial charge in [-0.05, 0) is 67.3 Å². The van der Waals surface area contributed by atoms with Crippen molar-refractivity contribution in [3.8, 4) is 0 Å². The van der Waals surface area contributed by atoms with E-state index in [-0.39, 0.29) is 5.54 Å². The molecule has 1 heterocycles. The number of amidine groups is 1. The van der Waals surface area contributed by atoms with Gasteiger partial charge in [0.05, 0.1) is 17.8 Å². The van der Waals surface area contributed by atoms with E-state index in [1.165, 1.54) is 6.42 Å². The number of ether oxygens (including phenoxy) is 1. The van der Waals surface area contributed by atoms with Crippen molar-refractivity contribution in [2.24, 2.45) is 16.8 Å². The average molecular weight is 415 g/mol. The summed E-state index contributed by atoms with van der Waals surface area (Å²) in [6, 6.07) is 15.9. The molecule has 0 bridgehead atoms. The van der Waals surface area contributed by atoms with Gasteiger partial charge in [-0.1, -0.05) is 42.6 Å². The third kappa shape index (κ3) is 3.54. The summed E-state index contributed by atoms with van der Waals surface area (Å²) in [6.07, 6.45) is 5.45. The maximum Gasteiger partial charge on any atom is 0.298 e. The molecule has 0 amide bonds. The molecule has 0 spiro atoms. The van der Waals surface area contributed by atoms with Crippen LogP contribution in [-0.4, -0.2) is 18.2 Å². The van der Waals surface area contributed by atoms with Crippen LogP contribution in [0.2, 0.25) is 10.0 Å². The predicted octanol–water partition coefficient (Wildman–Crippen LogP) is 6.88. The van der Waals surface area contributed by atoms with Gasteiger partial charge in [0.15, 0.2) is 0 Å². The van der Waals surface area contributed by atoms with E-state index in [2.05, 4.69) is 24.5 Å². The first kappa shape index (κ1) is 19.4. The SMILES string of the molecule is C=C[C@]12CC(C)CC[C@H]1COC(=Nc1ccc(Cl)cc1)N2c1ccc(Cl)cc1. The summed E-state index contributed by atoms with van der Waals surface area (Å²) in [5.74, 6) is 0.986. The van der Waals surface area contributed by atoms with Gasteiger partial charge in [-0.15, -0.1) is 6.58 Å². The molecule has 0 aromatic heterocycles. The lowest BCUT2D eigenvalue weighted by Crippen LogP contribution is -2.63. The Morgan fingerprint density at radius 1 is 1.07 bits per heavy atom. The Morgan fingerprint density at radius 2 is 1.71 bits per heavy atom. The van der Waals surface area contributed by atoms with Crippen LogP contribution in [0.1, 0.15) is 26.2 Å². The van der Waals surface area contributed by atoms with Crippen molar-refractivity contribution >= 4 is 40.6 Å². The van der Waals surface area contributed by atoms with Gasteiger partial charge < -0.3 is 4.74 Å². The van der Waals surface area contributed by atoms with Gasteiger partial charge in [0.2, 0.25) is 0 Å². The van der Waals surface area contributed by atoms with E-state index in [1.807, 2.05) is 48.5 Å². The minimum atomic E-state index is -0.227. The van der Waals surface area contributed by atoms with Gasteiger partial charge in [-0.25, -0.2) is 0 Å². The molecule has 2 aliphatic rings. The molecule has 2 aromatic rings. The third-order valence-electron chi connectivity index (χ3n) is 5.90. The summed E-state index contributed by atoms with van der Waals surface area (Å²) in [5.41, 5.74) is 1.59. The summed E-state index contributed by atoms with van der Waals surface area (Å²) in [5, 5.41) is 1.39. The second-order valence-electron chi connectivity index (χ2n) is 7.77. The van der Waals surface area contributed by atoms with Crippen LogP contribution in [0.5, 0.6) is 0 Å². The minimum Gasteiger partial charge on any atom is -0.464 e. The standard InChI is InChI=1S/C23H24Cl2N2O/c1-3-23-14-16(2)4-5-17(23)15-28-22(26-20-10-6-18(24)7-11-20)27(23)21-12-8-19(25)9-13-21/h3,6-13,16-17H,1,4-5,14-15H2,2H3/t16?,17-,23-/m0/s1. The molecule has 4 rings (SSSR count). The van der Waals surface area contributed by atoms with Crippen LogP contribution in [0.25, 0.3) is 0 Å². The van der Waals surface area contributed by atoms with Crippen molar-refractivity contribution in [2.45, 2.75) is 31.7 Å². The number of anilines is 1. The summed E-state index contributed by atoms with van der Waals surface area (Å²) in [4.78, 5) is 7.05. The van der Waals surface area contributed by atoms with Crippen LogP contribution in [-0.2, 0) is 4.74 Å². The fraction of sp³-hybridized carbons (Fsp3) is 0.348. The number of hydrogen-bond donors (Lipinski definition) is 0. The lowest BCUT2D eigenvalue weighted by atomic mass is 9.67. The van der Waals surface area contributed by atoms with E-state index < -0.39 is 0 Å². The van der Waals surface area contributed by atoms with Crippen LogP contribution >= 0.6 is 23.2 Å². The lowest BCUT2D eigenvalue weighted by molar-refractivity contribution is 0.0870. The molecule has 1 saturated carbocycles. The fourth-order valence-corrected chi connectivity index (χ4v) is 4.72. The Hall–Kier alpha value is -1.97. The zero-order chi connectivity index (χ0) is 19.7. The van der Waals surface area contributed by atoms with Crippen LogP contribution in [0.4, 0.5) is 11.4 Å². The van der Waals surface area contributed by atoms with Crippen LogP contribution in [0.3, 0.4) is 0 Å². The molecule has 1 unspecified atom stereocenters. The van der Waals surface area contributed by atoms with Crippen molar-refractivity contribution in [3.05, 3.63) is 71.2 Å². The maximum atomic E-state index is 6.20. The molecule has 146 valence electrons. The van der Waals surface area contributed by atoms with Crippen molar-refractivity contribution in [2.75, 3.05) is 11.5 Å². The summed E-state index contributed by atoms with van der Waals surface area (Å²) < 4.78 is 6.20. The topological polar surface area (TPSA) is 24.8 Å². The van der Waals surface area contributed by atoms with Gasteiger partial charge in [0.1, 0.15) is 0 Å². The molecule has 5 heteroatoms. The van der Waals surface area contributed by atoms with E-state index in [0.29, 0.717) is 34.5 Å². The number of aliphatic imine (C=N–C) groups is 1. The van der Waals surface area contributed by atoms with Crippen LogP contribution in [0.15, 0.2) is 66.2 Å². The Morgan fingerprint density at radius 3 is 2.36 bits per heavy atom. The highest BCUT2D eigenvalue weighted by molar-refractivity contribution is 6.31. The molecule has 2 fully saturated rings. The quantitative estimate of drug-likeness (QED) is 0.511. The number of nitrogens with zero attached hydrogens (tertiary/aromatic N) is 2. The van der Waals surface area contributed by atoms with E-state index in [1.54, 1.807) is 0 Å². The molecule has 3 nitrogen and oxygen atoms in total. The van der Waals surface area contributed by atoms with Gasteiger partial charge in [0, 0.05) is 21.7 Å². The summed E-state index contributed by atoms with van der Waals surface area (Å²) >= 11 is 12.2. The second-order valence-corrected chi connectivity index (χ2v) is 8.65. The largest absolute Gasteiger partial charge is 0.464 e. The fourth-order valence-electron chi connectivity index (χ4n) is 4.47. The molecule has 1 saturated heterocycles. The maximum absolute atomic E-state index is 6.20. The molecular formula is C23H24Cl2N2O. The molecule has 0 N–H and O–H groups in total. The average Bonchev–Trinajstić information content (AvgIpc) is 2.70. The lowest BCUT2D eigenvalue weighted by Gasteiger charge is -2.54. The Balaban J connectivity index is 1.84. The minimum absolute atomic E-state index is 0.227. The normalized spacial score (nSPS) is 28.5. The molecule has 3 atom stereocenters. The zero-order valence-corrected chi connectivity index (χ0v) is 17.5. The number of rotatable bonds is 3. The smallest absolute Gasteiger partial charge is 0.298 e. The molecule has 1 aliphatic heterocycles. The van der Waals surface area contributed by atoms with E-state index >= 15 is 0 Å². The number of fused-ring (bicyclic) bond motifs is 1. The molecule has 1 aliphatic carbocycles. The van der Waals surface area contributed by atoms with E-state index in [9.17, 15) is 0 Å². The monoisotopic (exact) mass is 414 g/mol. The van der Waals surface area contributed by atoms with Gasteiger partial charge in [0.25, 0.3) is 6.02 Å². The first-order valence-electron chi connectivity index (χ1n) is 9.68. The van der Waals surface area contributed by atoms with Gasteiger partial charge in [-0.2, -0.15) is 4.99 Å². The Labute approximate surface area is 176 Å². The van der Waals surface area contributed by atoms with Crippen molar-refractivity contribution in [3.63, 3.8) is 0 Å². The highest BCUT2D eigenvalue weighted by Crippen LogP contribution is 2.47. The van der Waals surface area contributed by atoms with E-state index in [0.717, 1.165) is 24.2 Å². The third-order valence-corrected chi connectivity index (χ3v) is 6.41. The molecule has 2 aromatic carbocycles. The number of hydrogen-bond acceptors (Lipinski definition) is 2. The summed E-state index contributed by atoms with van der Waals surface area (Å²) in [7, 11) is 0. The number of halogens is 2. The first-order chi connectivity index (χ1) is 13.5. The van der Waals surface area contributed by atoms with Crippen molar-refractivity contribution in [1.29, 1.82) is 0 Å². The molecule has 0 radical (unpaired) electrons. The Bertz CT molecular complexity index is 878. The zero-order valence-electron chi connectivity index (χ0n) is 15.9. The van der Waals surface area contributed by atoms with Gasteiger partial charge in [-0.3, -0.25) is 4.90 Å². The van der Waals surface area contributed by atoms with E-state index in [4.69, 9.17) is 32.9 Å². The van der Waals surface area contributed by atoms with Crippen molar-refractivity contribution in [1.82, 2.24) is 0 Å². The summed E-state index contributed by atoms with van der Waals surface area (Å²) in [6.45, 7) is 7.21. The second kappa shape index (κ2) is 7.81. The molecule has 28 heavy (non-hydrogen) atoms. The Kier molecular flexibility index (Phi) is 5.39. The van der Waals surface area contributed by atoms with Gasteiger partial charge >= 0.3 is 0 Å².